The van der Waals surface area contributed by atoms with Crippen molar-refractivity contribution in [2.75, 3.05) is 31.7 Å². The molecule has 2 heterocycles. The Hall–Kier alpha value is 0.230. The summed E-state index contributed by atoms with van der Waals surface area (Å²) in [5.74, 6) is 2.57. The van der Waals surface area contributed by atoms with Gasteiger partial charge in [-0.05, 0) is 32.1 Å². The minimum absolute atomic E-state index is 0.380. The van der Waals surface area contributed by atoms with Gasteiger partial charge in [0.2, 0.25) is 0 Å². The van der Waals surface area contributed by atoms with Crippen LogP contribution in [0.2, 0.25) is 0 Å². The molecule has 0 aromatic carbocycles. The Balaban J connectivity index is 1.91. The molecule has 3 nitrogen and oxygen atoms in total. The zero-order valence-electron chi connectivity index (χ0n) is 9.52. The van der Waals surface area contributed by atoms with Gasteiger partial charge < -0.3 is 10.5 Å². The van der Waals surface area contributed by atoms with Crippen molar-refractivity contribution < 1.29 is 4.74 Å². The van der Waals surface area contributed by atoms with Crippen LogP contribution >= 0.6 is 11.8 Å². The van der Waals surface area contributed by atoms with Crippen molar-refractivity contribution in [2.45, 2.75) is 37.5 Å². The van der Waals surface area contributed by atoms with Gasteiger partial charge in [-0.2, -0.15) is 11.8 Å². The van der Waals surface area contributed by atoms with E-state index in [4.69, 9.17) is 10.5 Å². The number of thioether (sulfide) groups is 1. The first-order valence-corrected chi connectivity index (χ1v) is 7.09. The third-order valence-electron chi connectivity index (χ3n) is 3.64. The van der Waals surface area contributed by atoms with E-state index >= 15 is 0 Å². The Morgan fingerprint density at radius 1 is 1.53 bits per heavy atom. The summed E-state index contributed by atoms with van der Waals surface area (Å²) in [7, 11) is 2.22. The van der Waals surface area contributed by atoms with Gasteiger partial charge in [-0.25, -0.2) is 0 Å². The van der Waals surface area contributed by atoms with E-state index in [1.54, 1.807) is 0 Å². The molecule has 0 saturated carbocycles. The second-order valence-electron chi connectivity index (χ2n) is 4.54. The van der Waals surface area contributed by atoms with E-state index in [1.807, 2.05) is 0 Å². The Bertz CT molecular complexity index is 191. The van der Waals surface area contributed by atoms with Crippen molar-refractivity contribution in [3.63, 3.8) is 0 Å². The molecule has 0 spiro atoms. The lowest BCUT2D eigenvalue weighted by Gasteiger charge is -2.35. The minimum atomic E-state index is 0.380. The first kappa shape index (κ1) is 11.7. The molecule has 15 heavy (non-hydrogen) atoms. The van der Waals surface area contributed by atoms with Crippen LogP contribution in [-0.2, 0) is 4.74 Å². The van der Waals surface area contributed by atoms with Crippen molar-refractivity contribution in [3.05, 3.63) is 0 Å². The van der Waals surface area contributed by atoms with Crippen LogP contribution in [0.15, 0.2) is 0 Å². The smallest absolute Gasteiger partial charge is 0.0743 e. The molecule has 2 aliphatic rings. The van der Waals surface area contributed by atoms with Crippen LogP contribution in [0.3, 0.4) is 0 Å². The van der Waals surface area contributed by atoms with Crippen molar-refractivity contribution in [1.82, 2.24) is 4.90 Å². The van der Waals surface area contributed by atoms with E-state index in [9.17, 15) is 0 Å². The molecular formula is C11H22N2OS. The average Bonchev–Trinajstić information content (AvgIpc) is 2.91. The number of rotatable bonds is 4. The summed E-state index contributed by atoms with van der Waals surface area (Å²) in [6, 6.07) is 1.14. The summed E-state index contributed by atoms with van der Waals surface area (Å²) >= 11 is 2.06. The number of hydrogen-bond acceptors (Lipinski definition) is 4. The average molecular weight is 230 g/mol. The standard InChI is InChI=1S/C11H22N2OS/c1-13(9-4-6-15-8-9)10(7-12)11-3-2-5-14-11/h9-11H,2-8,12H2,1H3. The summed E-state index contributed by atoms with van der Waals surface area (Å²) < 4.78 is 5.76. The van der Waals surface area contributed by atoms with Crippen LogP contribution in [0.4, 0.5) is 0 Å². The quantitative estimate of drug-likeness (QED) is 0.780. The third kappa shape index (κ3) is 2.67. The maximum absolute atomic E-state index is 5.89. The SMILES string of the molecule is CN(C1CCSC1)C(CN)C1CCCO1. The van der Waals surface area contributed by atoms with Crippen LogP contribution in [-0.4, -0.2) is 54.8 Å². The maximum atomic E-state index is 5.89. The lowest BCUT2D eigenvalue weighted by Crippen LogP contribution is -2.50. The Kier molecular flexibility index (Phi) is 4.31. The molecule has 0 bridgehead atoms. The molecule has 2 fully saturated rings. The van der Waals surface area contributed by atoms with Crippen LogP contribution in [0.25, 0.3) is 0 Å². The van der Waals surface area contributed by atoms with Crippen LogP contribution < -0.4 is 5.73 Å². The summed E-state index contributed by atoms with van der Waals surface area (Å²) in [6.07, 6.45) is 4.08. The number of hydrogen-bond donors (Lipinski definition) is 1. The highest BCUT2D eigenvalue weighted by Gasteiger charge is 2.32. The molecule has 2 N–H and O–H groups in total. The first-order valence-electron chi connectivity index (χ1n) is 5.94. The monoisotopic (exact) mass is 230 g/mol. The van der Waals surface area contributed by atoms with Gasteiger partial charge in [-0.15, -0.1) is 0 Å². The summed E-state index contributed by atoms with van der Waals surface area (Å²) in [6.45, 7) is 1.65. The fourth-order valence-electron chi connectivity index (χ4n) is 2.60. The van der Waals surface area contributed by atoms with E-state index < -0.39 is 0 Å². The molecule has 2 rings (SSSR count). The zero-order valence-corrected chi connectivity index (χ0v) is 10.3. The number of nitrogens with two attached hydrogens (primary N) is 1. The molecule has 0 aliphatic carbocycles. The molecule has 0 radical (unpaired) electrons. The van der Waals surface area contributed by atoms with Gasteiger partial charge in [0, 0.05) is 31.0 Å². The highest BCUT2D eigenvalue weighted by molar-refractivity contribution is 7.99. The maximum Gasteiger partial charge on any atom is 0.0743 e. The van der Waals surface area contributed by atoms with Gasteiger partial charge in [0.25, 0.3) is 0 Å². The lowest BCUT2D eigenvalue weighted by molar-refractivity contribution is 0.0250. The second-order valence-corrected chi connectivity index (χ2v) is 5.69. The summed E-state index contributed by atoms with van der Waals surface area (Å²) in [5, 5.41) is 0. The van der Waals surface area contributed by atoms with E-state index in [-0.39, 0.29) is 0 Å². The summed E-state index contributed by atoms with van der Waals surface area (Å²) in [5.41, 5.74) is 5.89. The molecule has 2 saturated heterocycles. The van der Waals surface area contributed by atoms with Gasteiger partial charge in [0.1, 0.15) is 0 Å². The van der Waals surface area contributed by atoms with E-state index in [1.165, 1.54) is 30.8 Å². The normalized spacial score (nSPS) is 33.8. The fraction of sp³-hybridized carbons (Fsp3) is 1.00. The summed E-state index contributed by atoms with van der Waals surface area (Å²) in [4.78, 5) is 2.47. The second kappa shape index (κ2) is 5.53. The lowest BCUT2D eigenvalue weighted by atomic mass is 10.0. The largest absolute Gasteiger partial charge is 0.377 e. The predicted octanol–water partition coefficient (Wildman–Crippen LogP) is 0.930. The number of likely N-dealkylation sites (N-methyl/N-ethyl adjacent to an activating group) is 1. The molecule has 3 unspecified atom stereocenters. The minimum Gasteiger partial charge on any atom is -0.377 e. The van der Waals surface area contributed by atoms with E-state index in [0.717, 1.165) is 13.2 Å². The van der Waals surface area contributed by atoms with Crippen LogP contribution in [0.1, 0.15) is 19.3 Å². The van der Waals surface area contributed by atoms with Gasteiger partial charge >= 0.3 is 0 Å². The Labute approximate surface area is 96.7 Å². The fourth-order valence-corrected chi connectivity index (χ4v) is 3.88. The number of ether oxygens (including phenoxy) is 1. The number of nitrogens with zero attached hydrogens (tertiary/aromatic N) is 1. The highest BCUT2D eigenvalue weighted by Crippen LogP contribution is 2.26. The Morgan fingerprint density at radius 3 is 2.93 bits per heavy atom. The predicted molar refractivity (Wildman–Crippen MR) is 65.3 cm³/mol. The van der Waals surface area contributed by atoms with E-state index in [0.29, 0.717) is 18.2 Å². The molecular weight excluding hydrogens is 208 g/mol. The van der Waals surface area contributed by atoms with Crippen molar-refractivity contribution in [3.8, 4) is 0 Å². The van der Waals surface area contributed by atoms with Crippen molar-refractivity contribution in [1.29, 1.82) is 0 Å². The Morgan fingerprint density at radius 2 is 2.40 bits per heavy atom. The van der Waals surface area contributed by atoms with Gasteiger partial charge in [0.05, 0.1) is 6.10 Å². The first-order chi connectivity index (χ1) is 7.33. The zero-order chi connectivity index (χ0) is 10.7. The molecule has 3 atom stereocenters. The molecule has 88 valence electrons. The van der Waals surface area contributed by atoms with Crippen LogP contribution in [0, 0.1) is 0 Å². The molecule has 4 heteroatoms. The molecule has 0 aromatic heterocycles. The molecule has 0 amide bonds. The van der Waals surface area contributed by atoms with Crippen molar-refractivity contribution in [2.24, 2.45) is 5.73 Å². The van der Waals surface area contributed by atoms with Gasteiger partial charge in [0.15, 0.2) is 0 Å². The van der Waals surface area contributed by atoms with Gasteiger partial charge in [-0.3, -0.25) is 4.90 Å². The van der Waals surface area contributed by atoms with Gasteiger partial charge in [-0.1, -0.05) is 0 Å². The molecule has 2 aliphatic heterocycles. The topological polar surface area (TPSA) is 38.5 Å². The van der Waals surface area contributed by atoms with Crippen molar-refractivity contribution >= 4 is 11.8 Å². The third-order valence-corrected chi connectivity index (χ3v) is 4.79. The highest BCUT2D eigenvalue weighted by atomic mass is 32.2. The van der Waals surface area contributed by atoms with Crippen LogP contribution in [0.5, 0.6) is 0 Å². The van der Waals surface area contributed by atoms with E-state index in [2.05, 4.69) is 23.7 Å². The molecule has 0 aromatic rings.